The second-order valence-electron chi connectivity index (χ2n) is 6.45. The molecule has 2 aromatic heterocycles. The highest BCUT2D eigenvalue weighted by molar-refractivity contribution is 7.13. The molecule has 0 bridgehead atoms. The molecule has 0 aliphatic heterocycles. The van der Waals surface area contributed by atoms with Crippen LogP contribution >= 0.6 is 11.3 Å². The van der Waals surface area contributed by atoms with E-state index in [0.717, 1.165) is 27.4 Å². The summed E-state index contributed by atoms with van der Waals surface area (Å²) in [5.74, 6) is 1.36. The first-order valence-corrected chi connectivity index (χ1v) is 10.3. The predicted molar refractivity (Wildman–Crippen MR) is 119 cm³/mol. The lowest BCUT2D eigenvalue weighted by Gasteiger charge is -2.23. The molecule has 146 valence electrons. The molecule has 0 saturated heterocycles. The number of anilines is 2. The van der Waals surface area contributed by atoms with Crippen molar-refractivity contribution in [1.29, 1.82) is 0 Å². The van der Waals surface area contributed by atoms with Gasteiger partial charge in [-0.05, 0) is 48.7 Å². The van der Waals surface area contributed by atoms with E-state index < -0.39 is 0 Å². The van der Waals surface area contributed by atoms with Gasteiger partial charge in [0.25, 0.3) is 0 Å². The van der Waals surface area contributed by atoms with Crippen LogP contribution in [0.5, 0.6) is 5.75 Å². The first kappa shape index (κ1) is 19.0. The molecule has 0 fully saturated rings. The van der Waals surface area contributed by atoms with Gasteiger partial charge in [-0.15, -0.1) is 11.3 Å². The van der Waals surface area contributed by atoms with Crippen LogP contribution in [0.2, 0.25) is 0 Å². The summed E-state index contributed by atoms with van der Waals surface area (Å²) >= 11 is 1.62. The van der Waals surface area contributed by atoms with Gasteiger partial charge in [0.1, 0.15) is 17.2 Å². The van der Waals surface area contributed by atoms with Gasteiger partial charge < -0.3 is 14.1 Å². The molecule has 0 unspecified atom stereocenters. The van der Waals surface area contributed by atoms with E-state index in [1.54, 1.807) is 18.4 Å². The summed E-state index contributed by atoms with van der Waals surface area (Å²) in [5.41, 5.74) is 2.85. The molecule has 0 amide bonds. The Hall–Kier alpha value is -3.31. The van der Waals surface area contributed by atoms with E-state index in [-0.39, 0.29) is 5.63 Å². The van der Waals surface area contributed by atoms with Crippen LogP contribution in [0.25, 0.3) is 21.8 Å². The van der Waals surface area contributed by atoms with E-state index in [1.807, 2.05) is 90.0 Å². The van der Waals surface area contributed by atoms with Crippen LogP contribution < -0.4 is 15.3 Å². The Morgan fingerprint density at radius 2 is 1.76 bits per heavy atom. The first-order chi connectivity index (χ1) is 14.2. The highest BCUT2D eigenvalue weighted by Crippen LogP contribution is 2.37. The van der Waals surface area contributed by atoms with Crippen LogP contribution in [0.1, 0.15) is 6.92 Å². The maximum Gasteiger partial charge on any atom is 0.360 e. The Bertz CT molecular complexity index is 1130. The van der Waals surface area contributed by atoms with Crippen LogP contribution in [0.15, 0.2) is 87.4 Å². The van der Waals surface area contributed by atoms with Crippen molar-refractivity contribution >= 4 is 22.7 Å². The van der Waals surface area contributed by atoms with Crippen molar-refractivity contribution in [2.24, 2.45) is 0 Å². The third kappa shape index (κ3) is 3.82. The summed E-state index contributed by atoms with van der Waals surface area (Å²) in [5, 5.41) is 2.02. The lowest BCUT2D eigenvalue weighted by atomic mass is 10.1. The van der Waals surface area contributed by atoms with Crippen LogP contribution in [-0.2, 0) is 0 Å². The minimum absolute atomic E-state index is 0.359. The maximum atomic E-state index is 13.0. The van der Waals surface area contributed by atoms with Gasteiger partial charge in [-0.3, -0.25) is 0 Å². The molecule has 0 aliphatic rings. The molecule has 0 saturated carbocycles. The number of methoxy groups -OCH3 is 1. The summed E-state index contributed by atoms with van der Waals surface area (Å²) in [6.45, 7) is 2.64. The number of nitrogens with zero attached hydrogens (tertiary/aromatic N) is 1. The van der Waals surface area contributed by atoms with Crippen molar-refractivity contribution in [3.63, 3.8) is 0 Å². The normalized spacial score (nSPS) is 10.7. The topological polar surface area (TPSA) is 42.7 Å². The van der Waals surface area contributed by atoms with Gasteiger partial charge in [-0.2, -0.15) is 0 Å². The average Bonchev–Trinajstić information content (AvgIpc) is 3.31. The highest BCUT2D eigenvalue weighted by Gasteiger charge is 2.19. The standard InChI is InChI=1S/C24H21NO3S/c1-3-25(18-11-13-19(27-2)14-12-18)21-16-20(22-10-7-15-29-22)23(28-24(21)26)17-8-5-4-6-9-17/h4-16H,3H2,1-2H3. The van der Waals surface area contributed by atoms with Gasteiger partial charge in [-0.25, -0.2) is 4.79 Å². The maximum absolute atomic E-state index is 13.0. The Balaban J connectivity index is 1.87. The van der Waals surface area contributed by atoms with Crippen LogP contribution in [-0.4, -0.2) is 13.7 Å². The van der Waals surface area contributed by atoms with Gasteiger partial charge in [-0.1, -0.05) is 36.4 Å². The zero-order valence-electron chi connectivity index (χ0n) is 16.3. The number of benzene rings is 2. The highest BCUT2D eigenvalue weighted by atomic mass is 32.1. The smallest absolute Gasteiger partial charge is 0.360 e. The van der Waals surface area contributed by atoms with Crippen molar-refractivity contribution in [3.05, 3.63) is 88.6 Å². The molecule has 2 aromatic carbocycles. The minimum Gasteiger partial charge on any atom is -0.497 e. The summed E-state index contributed by atoms with van der Waals surface area (Å²) in [6, 6.07) is 23.4. The molecule has 29 heavy (non-hydrogen) atoms. The third-order valence-corrected chi connectivity index (χ3v) is 5.65. The fraction of sp³-hybridized carbons (Fsp3) is 0.125. The monoisotopic (exact) mass is 403 g/mol. The van der Waals surface area contributed by atoms with E-state index in [2.05, 4.69) is 0 Å². The van der Waals surface area contributed by atoms with Crippen LogP contribution in [0, 0.1) is 0 Å². The number of thiophene rings is 1. The Morgan fingerprint density at radius 3 is 2.38 bits per heavy atom. The number of hydrogen-bond donors (Lipinski definition) is 0. The molecule has 2 heterocycles. The summed E-state index contributed by atoms with van der Waals surface area (Å²) < 4.78 is 11.1. The molecule has 0 atom stereocenters. The molecule has 4 rings (SSSR count). The molecule has 4 aromatic rings. The van der Waals surface area contributed by atoms with E-state index in [0.29, 0.717) is 18.0 Å². The van der Waals surface area contributed by atoms with Crippen molar-refractivity contribution < 1.29 is 9.15 Å². The van der Waals surface area contributed by atoms with Gasteiger partial charge >= 0.3 is 5.63 Å². The van der Waals surface area contributed by atoms with Crippen LogP contribution in [0.4, 0.5) is 11.4 Å². The van der Waals surface area contributed by atoms with Gasteiger partial charge in [0.05, 0.1) is 7.11 Å². The first-order valence-electron chi connectivity index (χ1n) is 9.40. The quantitative estimate of drug-likeness (QED) is 0.384. The average molecular weight is 404 g/mol. The fourth-order valence-corrected chi connectivity index (χ4v) is 4.06. The molecule has 0 aliphatic carbocycles. The van der Waals surface area contributed by atoms with Gasteiger partial charge in [0, 0.05) is 28.2 Å². The molecule has 5 heteroatoms. The molecular formula is C24H21NO3S. The molecular weight excluding hydrogens is 382 g/mol. The van der Waals surface area contributed by atoms with Crippen molar-refractivity contribution in [2.45, 2.75) is 6.92 Å². The largest absolute Gasteiger partial charge is 0.497 e. The van der Waals surface area contributed by atoms with Crippen molar-refractivity contribution in [1.82, 2.24) is 0 Å². The van der Waals surface area contributed by atoms with E-state index in [1.165, 1.54) is 0 Å². The van der Waals surface area contributed by atoms with Crippen LogP contribution in [0.3, 0.4) is 0 Å². The van der Waals surface area contributed by atoms with Crippen molar-refractivity contribution in [3.8, 4) is 27.5 Å². The van der Waals surface area contributed by atoms with Gasteiger partial charge in [0.15, 0.2) is 0 Å². The SMILES string of the molecule is CCN(c1ccc(OC)cc1)c1cc(-c2cccs2)c(-c2ccccc2)oc1=O. The molecule has 0 spiro atoms. The number of rotatable bonds is 6. The second-order valence-corrected chi connectivity index (χ2v) is 7.40. The number of ether oxygens (including phenoxy) is 1. The van der Waals surface area contributed by atoms with E-state index in [9.17, 15) is 4.79 Å². The zero-order chi connectivity index (χ0) is 20.2. The minimum atomic E-state index is -0.359. The summed E-state index contributed by atoms with van der Waals surface area (Å²) in [6.07, 6.45) is 0. The van der Waals surface area contributed by atoms with Gasteiger partial charge in [0.2, 0.25) is 0 Å². The third-order valence-electron chi connectivity index (χ3n) is 4.74. The van der Waals surface area contributed by atoms with E-state index >= 15 is 0 Å². The Morgan fingerprint density at radius 1 is 1.00 bits per heavy atom. The lowest BCUT2D eigenvalue weighted by molar-refractivity contribution is 0.415. The zero-order valence-corrected chi connectivity index (χ0v) is 17.1. The summed E-state index contributed by atoms with van der Waals surface area (Å²) in [4.78, 5) is 16.0. The lowest BCUT2D eigenvalue weighted by Crippen LogP contribution is -2.22. The predicted octanol–water partition coefficient (Wildman–Crippen LogP) is 6.20. The Labute approximate surface area is 173 Å². The fourth-order valence-electron chi connectivity index (χ4n) is 3.32. The number of hydrogen-bond acceptors (Lipinski definition) is 5. The molecule has 4 nitrogen and oxygen atoms in total. The van der Waals surface area contributed by atoms with Crippen molar-refractivity contribution in [2.75, 3.05) is 18.6 Å². The molecule has 0 radical (unpaired) electrons. The Kier molecular flexibility index (Phi) is 5.49. The summed E-state index contributed by atoms with van der Waals surface area (Å²) in [7, 11) is 1.64. The second kappa shape index (κ2) is 8.37. The molecule has 0 N–H and O–H groups in total. The van der Waals surface area contributed by atoms with E-state index in [4.69, 9.17) is 9.15 Å².